The molecule has 1 amide bonds. The molecule has 0 radical (unpaired) electrons. The van der Waals surface area contributed by atoms with Gasteiger partial charge in [0.15, 0.2) is 11.7 Å². The number of nitrogens with zero attached hydrogens (tertiary/aromatic N) is 3. The van der Waals surface area contributed by atoms with E-state index in [-0.39, 0.29) is 35.3 Å². The SMILES string of the molecule is CN(C)C(=O)C(C#N)C(=O)CCOc1cc(Oc2ccc(C(F)(F)F)cc2Cl)ccc1[N+](=O)[O-]. The molecule has 34 heavy (non-hydrogen) atoms. The lowest BCUT2D eigenvalue weighted by atomic mass is 10.0. The van der Waals surface area contributed by atoms with Gasteiger partial charge in [0.1, 0.15) is 11.5 Å². The number of amides is 1. The van der Waals surface area contributed by atoms with Gasteiger partial charge in [-0.1, -0.05) is 11.6 Å². The number of carbonyl (C=O) groups is 2. The molecule has 2 aromatic carbocycles. The van der Waals surface area contributed by atoms with E-state index in [1.165, 1.54) is 20.2 Å². The van der Waals surface area contributed by atoms with Crippen molar-refractivity contribution in [3.8, 4) is 23.3 Å². The number of rotatable bonds is 9. The zero-order valence-corrected chi connectivity index (χ0v) is 18.5. The van der Waals surface area contributed by atoms with Crippen LogP contribution in [0.4, 0.5) is 18.9 Å². The molecule has 0 bridgehead atoms. The largest absolute Gasteiger partial charge is 0.486 e. The van der Waals surface area contributed by atoms with Crippen molar-refractivity contribution < 1.29 is 37.2 Å². The van der Waals surface area contributed by atoms with Gasteiger partial charge in [0.05, 0.1) is 28.2 Å². The number of nitro groups is 1. The van der Waals surface area contributed by atoms with Crippen LogP contribution in [0.5, 0.6) is 17.2 Å². The average molecular weight is 500 g/mol. The summed E-state index contributed by atoms with van der Waals surface area (Å²) in [6, 6.07) is 7.36. The minimum Gasteiger partial charge on any atom is -0.486 e. The maximum atomic E-state index is 12.8. The van der Waals surface area contributed by atoms with Gasteiger partial charge < -0.3 is 14.4 Å². The number of hydrogen-bond donors (Lipinski definition) is 0. The Hall–Kier alpha value is -3.85. The van der Waals surface area contributed by atoms with Crippen LogP contribution >= 0.6 is 11.6 Å². The van der Waals surface area contributed by atoms with E-state index in [9.17, 15) is 32.9 Å². The van der Waals surface area contributed by atoms with E-state index in [4.69, 9.17) is 26.3 Å². The molecule has 0 N–H and O–H groups in total. The third kappa shape index (κ3) is 6.58. The Bertz CT molecular complexity index is 1150. The summed E-state index contributed by atoms with van der Waals surface area (Å²) in [6.45, 7) is -0.386. The second-order valence-electron chi connectivity index (χ2n) is 6.99. The van der Waals surface area contributed by atoms with Gasteiger partial charge in [0.2, 0.25) is 11.7 Å². The lowest BCUT2D eigenvalue weighted by Gasteiger charge is -2.14. The van der Waals surface area contributed by atoms with E-state index in [0.717, 1.165) is 29.2 Å². The van der Waals surface area contributed by atoms with Crippen LogP contribution in [-0.2, 0) is 15.8 Å². The molecular weight excluding hydrogens is 483 g/mol. The number of ether oxygens (including phenoxy) is 2. The molecule has 0 saturated carbocycles. The van der Waals surface area contributed by atoms with Crippen LogP contribution in [0.1, 0.15) is 12.0 Å². The van der Waals surface area contributed by atoms with Gasteiger partial charge in [0.25, 0.3) is 0 Å². The summed E-state index contributed by atoms with van der Waals surface area (Å²) in [5, 5.41) is 20.0. The van der Waals surface area contributed by atoms with Crippen molar-refractivity contribution in [3.63, 3.8) is 0 Å². The third-order valence-corrected chi connectivity index (χ3v) is 4.66. The van der Waals surface area contributed by atoms with Crippen molar-refractivity contribution in [2.24, 2.45) is 5.92 Å². The molecule has 2 aromatic rings. The Morgan fingerprint density at radius 2 is 1.88 bits per heavy atom. The molecule has 1 atom stereocenters. The van der Waals surface area contributed by atoms with Crippen LogP contribution in [0.25, 0.3) is 0 Å². The first-order valence-electron chi connectivity index (χ1n) is 9.44. The quantitative estimate of drug-likeness (QED) is 0.280. The summed E-state index contributed by atoms with van der Waals surface area (Å²) in [5.74, 6) is -3.44. The normalized spacial score (nSPS) is 11.8. The van der Waals surface area contributed by atoms with E-state index in [2.05, 4.69) is 0 Å². The van der Waals surface area contributed by atoms with Gasteiger partial charge in [-0.2, -0.15) is 18.4 Å². The maximum Gasteiger partial charge on any atom is 0.416 e. The fourth-order valence-corrected chi connectivity index (χ4v) is 2.86. The number of Topliss-reactive ketones (excluding diaryl/α,β-unsaturated/α-hetero) is 1. The fraction of sp³-hybridized carbons (Fsp3) is 0.286. The van der Waals surface area contributed by atoms with Crippen molar-refractivity contribution in [3.05, 3.63) is 57.1 Å². The second-order valence-corrected chi connectivity index (χ2v) is 7.40. The lowest BCUT2D eigenvalue weighted by Crippen LogP contribution is -2.34. The predicted molar refractivity (Wildman–Crippen MR) is 113 cm³/mol. The molecule has 0 aliphatic rings. The topological polar surface area (TPSA) is 123 Å². The number of nitriles is 1. The van der Waals surface area contributed by atoms with Crippen LogP contribution in [0.3, 0.4) is 0 Å². The first-order chi connectivity index (χ1) is 15.8. The molecule has 0 aliphatic carbocycles. The maximum absolute atomic E-state index is 12.8. The monoisotopic (exact) mass is 499 g/mol. The number of halogens is 4. The predicted octanol–water partition coefficient (Wildman–Crippen LogP) is 4.63. The number of nitro benzene ring substituents is 1. The van der Waals surface area contributed by atoms with E-state index >= 15 is 0 Å². The summed E-state index contributed by atoms with van der Waals surface area (Å²) in [6.07, 6.45) is -4.99. The summed E-state index contributed by atoms with van der Waals surface area (Å²) in [7, 11) is 2.77. The van der Waals surface area contributed by atoms with E-state index in [1.54, 1.807) is 6.07 Å². The molecule has 0 saturated heterocycles. The van der Waals surface area contributed by atoms with Crippen molar-refractivity contribution >= 4 is 29.0 Å². The average Bonchev–Trinajstić information content (AvgIpc) is 2.74. The van der Waals surface area contributed by atoms with Crippen molar-refractivity contribution in [2.75, 3.05) is 20.7 Å². The molecule has 2 rings (SSSR count). The molecule has 1 unspecified atom stereocenters. The Labute approximate surface area is 196 Å². The highest BCUT2D eigenvalue weighted by molar-refractivity contribution is 6.32. The van der Waals surface area contributed by atoms with Crippen molar-refractivity contribution in [2.45, 2.75) is 12.6 Å². The molecule has 9 nitrogen and oxygen atoms in total. The molecule has 0 aromatic heterocycles. The Morgan fingerprint density at radius 1 is 1.21 bits per heavy atom. The highest BCUT2D eigenvalue weighted by Gasteiger charge is 2.31. The van der Waals surface area contributed by atoms with Crippen LogP contribution in [-0.4, -0.2) is 42.2 Å². The van der Waals surface area contributed by atoms with Crippen molar-refractivity contribution in [1.29, 1.82) is 5.26 Å². The van der Waals surface area contributed by atoms with Gasteiger partial charge in [-0.15, -0.1) is 0 Å². The Balaban J connectivity index is 2.18. The van der Waals surface area contributed by atoms with Crippen LogP contribution in [0, 0.1) is 27.4 Å². The Kier molecular flexibility index (Phi) is 8.42. The zero-order chi connectivity index (χ0) is 25.6. The molecule has 13 heteroatoms. The molecule has 180 valence electrons. The van der Waals surface area contributed by atoms with Gasteiger partial charge >= 0.3 is 11.9 Å². The van der Waals surface area contributed by atoms with E-state index in [0.29, 0.717) is 6.07 Å². The smallest absolute Gasteiger partial charge is 0.416 e. The lowest BCUT2D eigenvalue weighted by molar-refractivity contribution is -0.385. The van der Waals surface area contributed by atoms with Crippen LogP contribution in [0.2, 0.25) is 5.02 Å². The summed E-state index contributed by atoms with van der Waals surface area (Å²) < 4.78 is 49.1. The minimum absolute atomic E-state index is 0.0359. The molecular formula is C21H17ClF3N3O6. The highest BCUT2D eigenvalue weighted by Crippen LogP contribution is 2.38. The number of ketones is 1. The number of benzene rings is 2. The zero-order valence-electron chi connectivity index (χ0n) is 17.8. The Morgan fingerprint density at radius 3 is 2.41 bits per heavy atom. The van der Waals surface area contributed by atoms with Crippen LogP contribution < -0.4 is 9.47 Å². The van der Waals surface area contributed by atoms with Gasteiger partial charge in [-0.3, -0.25) is 19.7 Å². The minimum atomic E-state index is -4.60. The number of hydrogen-bond acceptors (Lipinski definition) is 7. The summed E-state index contributed by atoms with van der Waals surface area (Å²) >= 11 is 5.86. The first kappa shape index (κ1) is 26.4. The van der Waals surface area contributed by atoms with E-state index in [1.807, 2.05) is 0 Å². The first-order valence-corrected chi connectivity index (χ1v) is 9.82. The molecule has 0 spiro atoms. The highest BCUT2D eigenvalue weighted by atomic mass is 35.5. The van der Waals surface area contributed by atoms with Crippen LogP contribution in [0.15, 0.2) is 36.4 Å². The molecule has 0 aliphatic heterocycles. The fourth-order valence-electron chi connectivity index (χ4n) is 2.64. The number of carbonyl (C=O) groups excluding carboxylic acids is 2. The second kappa shape index (κ2) is 10.8. The third-order valence-electron chi connectivity index (χ3n) is 4.36. The summed E-state index contributed by atoms with van der Waals surface area (Å²) in [5.41, 5.74) is -1.45. The van der Waals surface area contributed by atoms with E-state index < -0.39 is 40.0 Å². The standard InChI is InChI=1S/C21H17ClF3N3O6/c1-27(2)20(30)14(11-26)17(29)7-8-33-19-10-13(4-5-16(19)28(31)32)34-18-6-3-12(9-15(18)22)21(23,24)25/h3-6,9-10,14H,7-8H2,1-2H3. The number of alkyl halides is 3. The molecule has 0 heterocycles. The van der Waals surface area contributed by atoms with Crippen molar-refractivity contribution in [1.82, 2.24) is 4.90 Å². The van der Waals surface area contributed by atoms with Gasteiger partial charge in [0, 0.05) is 32.6 Å². The summed E-state index contributed by atoms with van der Waals surface area (Å²) in [4.78, 5) is 35.7. The van der Waals surface area contributed by atoms with Gasteiger partial charge in [-0.25, -0.2) is 0 Å². The van der Waals surface area contributed by atoms with Gasteiger partial charge in [-0.05, 0) is 24.3 Å². The molecule has 0 fully saturated rings.